The molecule has 1 aromatic rings. The quantitative estimate of drug-likeness (QED) is 0.770. The monoisotopic (exact) mass is 273 g/mol. The molecular formula is C19H31N. The lowest BCUT2D eigenvalue weighted by atomic mass is 9.83. The average Bonchev–Trinajstić information content (AvgIpc) is 2.47. The molecular weight excluding hydrogens is 242 g/mol. The van der Waals surface area contributed by atoms with Gasteiger partial charge in [-0.05, 0) is 60.3 Å². The highest BCUT2D eigenvalue weighted by Gasteiger charge is 2.29. The van der Waals surface area contributed by atoms with Gasteiger partial charge in [-0.2, -0.15) is 0 Å². The van der Waals surface area contributed by atoms with Gasteiger partial charge < -0.3 is 5.32 Å². The normalized spacial score (nSPS) is 21.6. The smallest absolute Gasteiger partial charge is 0.0328 e. The molecule has 0 amide bonds. The van der Waals surface area contributed by atoms with Crippen molar-refractivity contribution in [3.8, 4) is 0 Å². The lowest BCUT2D eigenvalue weighted by Crippen LogP contribution is -2.25. The van der Waals surface area contributed by atoms with Crippen LogP contribution < -0.4 is 5.32 Å². The van der Waals surface area contributed by atoms with Gasteiger partial charge in [0.25, 0.3) is 0 Å². The van der Waals surface area contributed by atoms with Crippen molar-refractivity contribution in [2.45, 2.75) is 66.3 Å². The molecule has 1 N–H and O–H groups in total. The molecule has 1 aliphatic carbocycles. The third kappa shape index (κ3) is 3.85. The van der Waals surface area contributed by atoms with Gasteiger partial charge in [0, 0.05) is 6.04 Å². The largest absolute Gasteiger partial charge is 0.310 e. The first-order chi connectivity index (χ1) is 9.41. The second-order valence-electron chi connectivity index (χ2n) is 7.61. The van der Waals surface area contributed by atoms with Gasteiger partial charge in [-0.15, -0.1) is 0 Å². The minimum atomic E-state index is 0.435. The predicted octanol–water partition coefficient (Wildman–Crippen LogP) is 4.90. The fraction of sp³-hybridized carbons (Fsp3) is 0.684. The van der Waals surface area contributed by atoms with Crippen LogP contribution in [0.25, 0.3) is 0 Å². The molecule has 1 atom stereocenters. The summed E-state index contributed by atoms with van der Waals surface area (Å²) in [6.07, 6.45) is 4.96. The van der Waals surface area contributed by atoms with Crippen molar-refractivity contribution in [1.29, 1.82) is 0 Å². The Morgan fingerprint density at radius 2 is 2.05 bits per heavy atom. The maximum atomic E-state index is 3.72. The van der Waals surface area contributed by atoms with Gasteiger partial charge in [0.1, 0.15) is 0 Å². The van der Waals surface area contributed by atoms with Gasteiger partial charge in [-0.1, -0.05) is 52.8 Å². The van der Waals surface area contributed by atoms with Crippen LogP contribution in [-0.4, -0.2) is 6.54 Å². The van der Waals surface area contributed by atoms with E-state index in [0.717, 1.165) is 12.5 Å². The summed E-state index contributed by atoms with van der Waals surface area (Å²) in [5, 5.41) is 3.72. The Morgan fingerprint density at radius 1 is 1.30 bits per heavy atom. The van der Waals surface area contributed by atoms with E-state index >= 15 is 0 Å². The maximum Gasteiger partial charge on any atom is 0.0328 e. The number of benzene rings is 1. The molecule has 1 unspecified atom stereocenters. The minimum absolute atomic E-state index is 0.435. The highest BCUT2D eigenvalue weighted by Crippen LogP contribution is 2.39. The first-order valence-corrected chi connectivity index (χ1v) is 8.26. The van der Waals surface area contributed by atoms with Crippen molar-refractivity contribution in [1.82, 2.24) is 5.32 Å². The molecule has 1 nitrogen and oxygen atoms in total. The number of fused-ring (bicyclic) bond motifs is 1. The molecule has 0 spiro atoms. The SMILES string of the molecule is CCNC1CC(C)(C)CCc2ccc(CC(C)C)cc21. The maximum absolute atomic E-state index is 3.72. The summed E-state index contributed by atoms with van der Waals surface area (Å²) in [4.78, 5) is 0. The molecule has 0 aromatic heterocycles. The van der Waals surface area contributed by atoms with Gasteiger partial charge in [-0.3, -0.25) is 0 Å². The first-order valence-electron chi connectivity index (χ1n) is 8.26. The molecule has 112 valence electrons. The Bertz CT molecular complexity index is 445. The minimum Gasteiger partial charge on any atom is -0.310 e. The fourth-order valence-corrected chi connectivity index (χ4v) is 3.46. The van der Waals surface area contributed by atoms with E-state index in [4.69, 9.17) is 0 Å². The van der Waals surface area contributed by atoms with E-state index < -0.39 is 0 Å². The Labute approximate surface area is 125 Å². The van der Waals surface area contributed by atoms with Gasteiger partial charge in [0.15, 0.2) is 0 Å². The summed E-state index contributed by atoms with van der Waals surface area (Å²) < 4.78 is 0. The zero-order valence-corrected chi connectivity index (χ0v) is 13.9. The number of nitrogens with one attached hydrogen (secondary N) is 1. The van der Waals surface area contributed by atoms with Crippen molar-refractivity contribution in [2.24, 2.45) is 11.3 Å². The topological polar surface area (TPSA) is 12.0 Å². The van der Waals surface area contributed by atoms with Crippen molar-refractivity contribution >= 4 is 0 Å². The van der Waals surface area contributed by atoms with Crippen LogP contribution in [0.2, 0.25) is 0 Å². The highest BCUT2D eigenvalue weighted by atomic mass is 14.9. The van der Waals surface area contributed by atoms with E-state index in [1.165, 1.54) is 31.2 Å². The summed E-state index contributed by atoms with van der Waals surface area (Å²) >= 11 is 0. The second kappa shape index (κ2) is 6.30. The van der Waals surface area contributed by atoms with Gasteiger partial charge in [0.05, 0.1) is 0 Å². The lowest BCUT2D eigenvalue weighted by Gasteiger charge is -2.27. The summed E-state index contributed by atoms with van der Waals surface area (Å²) in [5.41, 5.74) is 5.07. The van der Waals surface area contributed by atoms with Crippen LogP contribution in [-0.2, 0) is 12.8 Å². The lowest BCUT2D eigenvalue weighted by molar-refractivity contribution is 0.275. The number of aryl methyl sites for hydroxylation is 1. The van der Waals surface area contributed by atoms with E-state index in [1.807, 2.05) is 0 Å². The van der Waals surface area contributed by atoms with Crippen LogP contribution in [0.3, 0.4) is 0 Å². The molecule has 0 saturated heterocycles. The number of hydrogen-bond acceptors (Lipinski definition) is 1. The molecule has 1 aliphatic rings. The van der Waals surface area contributed by atoms with Crippen LogP contribution in [0, 0.1) is 11.3 Å². The fourth-order valence-electron chi connectivity index (χ4n) is 3.46. The van der Waals surface area contributed by atoms with Crippen molar-refractivity contribution in [3.63, 3.8) is 0 Å². The molecule has 0 aliphatic heterocycles. The zero-order chi connectivity index (χ0) is 14.8. The molecule has 0 fully saturated rings. The second-order valence-corrected chi connectivity index (χ2v) is 7.61. The molecule has 0 radical (unpaired) electrons. The van der Waals surface area contributed by atoms with Crippen LogP contribution >= 0.6 is 0 Å². The molecule has 20 heavy (non-hydrogen) atoms. The van der Waals surface area contributed by atoms with Crippen molar-refractivity contribution in [2.75, 3.05) is 6.54 Å². The Kier molecular flexibility index (Phi) is 4.90. The van der Waals surface area contributed by atoms with E-state index in [1.54, 1.807) is 11.1 Å². The molecule has 0 bridgehead atoms. The Morgan fingerprint density at radius 3 is 2.70 bits per heavy atom. The van der Waals surface area contributed by atoms with Crippen LogP contribution in [0.1, 0.15) is 70.2 Å². The summed E-state index contributed by atoms with van der Waals surface area (Å²) in [6.45, 7) is 12.7. The van der Waals surface area contributed by atoms with Crippen LogP contribution in [0.4, 0.5) is 0 Å². The zero-order valence-electron chi connectivity index (χ0n) is 13.9. The summed E-state index contributed by atoms with van der Waals surface area (Å²) in [5.74, 6) is 0.729. The Hall–Kier alpha value is -0.820. The first kappa shape index (κ1) is 15.6. The highest BCUT2D eigenvalue weighted by molar-refractivity contribution is 5.36. The van der Waals surface area contributed by atoms with Crippen LogP contribution in [0.15, 0.2) is 18.2 Å². The van der Waals surface area contributed by atoms with E-state index in [2.05, 4.69) is 58.1 Å². The Balaban J connectivity index is 2.33. The molecule has 1 aromatic carbocycles. The van der Waals surface area contributed by atoms with Gasteiger partial charge in [-0.25, -0.2) is 0 Å². The van der Waals surface area contributed by atoms with E-state index in [0.29, 0.717) is 11.5 Å². The molecule has 1 heteroatoms. The average molecular weight is 273 g/mol. The van der Waals surface area contributed by atoms with E-state index in [-0.39, 0.29) is 0 Å². The summed E-state index contributed by atoms with van der Waals surface area (Å²) in [7, 11) is 0. The van der Waals surface area contributed by atoms with Crippen LogP contribution in [0.5, 0.6) is 0 Å². The third-order valence-corrected chi connectivity index (χ3v) is 4.51. The predicted molar refractivity (Wildman–Crippen MR) is 88.1 cm³/mol. The third-order valence-electron chi connectivity index (χ3n) is 4.51. The number of hydrogen-bond donors (Lipinski definition) is 1. The van der Waals surface area contributed by atoms with Crippen molar-refractivity contribution < 1.29 is 0 Å². The summed E-state index contributed by atoms with van der Waals surface area (Å²) in [6, 6.07) is 7.74. The molecule has 2 rings (SSSR count). The van der Waals surface area contributed by atoms with Crippen molar-refractivity contribution in [3.05, 3.63) is 34.9 Å². The van der Waals surface area contributed by atoms with E-state index in [9.17, 15) is 0 Å². The van der Waals surface area contributed by atoms with Gasteiger partial charge >= 0.3 is 0 Å². The molecule has 0 heterocycles. The number of rotatable bonds is 4. The molecule has 0 saturated carbocycles. The standard InChI is InChI=1S/C19H31N/c1-6-20-18-13-19(4,5)10-9-16-8-7-15(11-14(2)3)12-17(16)18/h7-8,12,14,18,20H,6,9-11,13H2,1-5H3. The van der Waals surface area contributed by atoms with Gasteiger partial charge in [0.2, 0.25) is 0 Å².